The van der Waals surface area contributed by atoms with Gasteiger partial charge in [-0.25, -0.2) is 0 Å². The van der Waals surface area contributed by atoms with Crippen LogP contribution in [0.4, 0.5) is 5.69 Å². The Morgan fingerprint density at radius 1 is 0.560 bits per heavy atom. The number of rotatable bonds is 5. The van der Waals surface area contributed by atoms with Crippen molar-refractivity contribution in [3.8, 4) is 5.69 Å². The summed E-state index contributed by atoms with van der Waals surface area (Å²) in [6.07, 6.45) is 0. The molecular weight excluding hydrogens is 627 g/mol. The van der Waals surface area contributed by atoms with Crippen molar-refractivity contribution in [1.29, 1.82) is 0 Å². The Hall–Kier alpha value is -6.23. The number of fused-ring (bicyclic) bond motifs is 11. The summed E-state index contributed by atoms with van der Waals surface area (Å²) in [7, 11) is 0. The Labute approximate surface area is 293 Å². The predicted molar refractivity (Wildman–Crippen MR) is 215 cm³/mol. The summed E-state index contributed by atoms with van der Waals surface area (Å²) in [5.41, 5.74) is 14.8. The van der Waals surface area contributed by atoms with Crippen LogP contribution in [-0.4, -0.2) is 10.3 Å². The standard InChI is InChI=1S/C46H31N3S/c47-39-18-7-4-16-37(39)45(31-12-2-1-3-13-31)48-28-29-11-10-14-32(27-29)49-40-19-8-5-15-33(40)35-25-24-34-36(46(35)49)23-21-30-22-26-42-44(43(30)34)38-17-6-9-20-41(38)50-42/h1-27H,28,47H2. The van der Waals surface area contributed by atoms with Crippen molar-refractivity contribution >= 4 is 86.3 Å². The van der Waals surface area contributed by atoms with Crippen molar-refractivity contribution < 1.29 is 0 Å². The van der Waals surface area contributed by atoms with E-state index in [1.807, 2.05) is 47.7 Å². The third-order valence-electron chi connectivity index (χ3n) is 10.0. The molecule has 0 saturated heterocycles. The number of aromatic nitrogens is 1. The van der Waals surface area contributed by atoms with Gasteiger partial charge in [-0.15, -0.1) is 11.3 Å². The second-order valence-corrected chi connectivity index (χ2v) is 14.0. The van der Waals surface area contributed by atoms with E-state index < -0.39 is 0 Å². The van der Waals surface area contributed by atoms with E-state index in [0.29, 0.717) is 6.54 Å². The van der Waals surface area contributed by atoms with E-state index in [2.05, 4.69) is 132 Å². The third-order valence-corrected chi connectivity index (χ3v) is 11.1. The van der Waals surface area contributed by atoms with Crippen molar-refractivity contribution in [3.05, 3.63) is 180 Å². The molecule has 0 aliphatic rings. The quantitative estimate of drug-likeness (QED) is 0.112. The minimum Gasteiger partial charge on any atom is -0.398 e. The van der Waals surface area contributed by atoms with Crippen LogP contribution >= 0.6 is 11.3 Å². The van der Waals surface area contributed by atoms with Gasteiger partial charge in [0.25, 0.3) is 0 Å². The van der Waals surface area contributed by atoms with E-state index in [-0.39, 0.29) is 0 Å². The highest BCUT2D eigenvalue weighted by Gasteiger charge is 2.18. The fraction of sp³-hybridized carbons (Fsp3) is 0.0217. The Morgan fingerprint density at radius 2 is 1.28 bits per heavy atom. The molecule has 0 saturated carbocycles. The monoisotopic (exact) mass is 657 g/mol. The molecule has 8 aromatic carbocycles. The fourth-order valence-electron chi connectivity index (χ4n) is 7.78. The maximum absolute atomic E-state index is 6.47. The average Bonchev–Trinajstić information content (AvgIpc) is 3.72. The molecule has 236 valence electrons. The molecule has 0 amide bonds. The largest absolute Gasteiger partial charge is 0.398 e. The van der Waals surface area contributed by atoms with Crippen LogP contribution in [0.3, 0.4) is 0 Å². The molecule has 0 radical (unpaired) electrons. The molecule has 10 rings (SSSR count). The number of thiophene rings is 1. The predicted octanol–water partition coefficient (Wildman–Crippen LogP) is 12.1. The lowest BCUT2D eigenvalue weighted by atomic mass is 9.96. The molecule has 0 atom stereocenters. The number of benzene rings is 8. The normalized spacial score (nSPS) is 12.3. The smallest absolute Gasteiger partial charge is 0.0743 e. The number of nitrogens with two attached hydrogens (primary N) is 1. The molecule has 0 aliphatic heterocycles. The van der Waals surface area contributed by atoms with Gasteiger partial charge in [0, 0.05) is 58.8 Å². The van der Waals surface area contributed by atoms with Crippen molar-refractivity contribution in [1.82, 2.24) is 4.57 Å². The number of aliphatic imine (C=N–C) groups is 1. The minimum absolute atomic E-state index is 0.526. The van der Waals surface area contributed by atoms with Crippen LogP contribution in [0.15, 0.2) is 169 Å². The highest BCUT2D eigenvalue weighted by atomic mass is 32.1. The number of hydrogen-bond donors (Lipinski definition) is 1. The average molecular weight is 658 g/mol. The molecule has 10 aromatic rings. The van der Waals surface area contributed by atoms with Crippen LogP contribution < -0.4 is 5.73 Å². The topological polar surface area (TPSA) is 43.3 Å². The van der Waals surface area contributed by atoms with E-state index in [9.17, 15) is 0 Å². The Bertz CT molecular complexity index is 2970. The molecule has 2 heterocycles. The van der Waals surface area contributed by atoms with E-state index in [1.165, 1.54) is 63.5 Å². The van der Waals surface area contributed by atoms with Crippen molar-refractivity contribution in [3.63, 3.8) is 0 Å². The van der Waals surface area contributed by atoms with E-state index in [1.54, 1.807) is 0 Å². The highest BCUT2D eigenvalue weighted by molar-refractivity contribution is 7.26. The number of nitrogen functional groups attached to an aromatic ring is 1. The van der Waals surface area contributed by atoms with Gasteiger partial charge in [-0.2, -0.15) is 0 Å². The van der Waals surface area contributed by atoms with Crippen LogP contribution in [-0.2, 0) is 6.54 Å². The van der Waals surface area contributed by atoms with Gasteiger partial charge in [0.1, 0.15) is 0 Å². The Morgan fingerprint density at radius 3 is 2.18 bits per heavy atom. The van der Waals surface area contributed by atoms with Gasteiger partial charge < -0.3 is 10.3 Å². The van der Waals surface area contributed by atoms with Gasteiger partial charge in [-0.05, 0) is 58.1 Å². The van der Waals surface area contributed by atoms with Crippen molar-refractivity contribution in [2.75, 3.05) is 5.73 Å². The summed E-state index contributed by atoms with van der Waals surface area (Å²) in [5, 5.41) is 10.3. The van der Waals surface area contributed by atoms with Gasteiger partial charge in [0.2, 0.25) is 0 Å². The number of para-hydroxylation sites is 2. The molecule has 0 spiro atoms. The van der Waals surface area contributed by atoms with Crippen molar-refractivity contribution in [2.45, 2.75) is 6.54 Å². The van der Waals surface area contributed by atoms with Gasteiger partial charge in [-0.1, -0.05) is 127 Å². The maximum Gasteiger partial charge on any atom is 0.0743 e. The zero-order chi connectivity index (χ0) is 33.2. The molecule has 0 unspecified atom stereocenters. The Kier molecular flexibility index (Phi) is 6.58. The van der Waals surface area contributed by atoms with Crippen LogP contribution in [0.2, 0.25) is 0 Å². The van der Waals surface area contributed by atoms with E-state index >= 15 is 0 Å². The Balaban J connectivity index is 1.19. The van der Waals surface area contributed by atoms with Gasteiger partial charge in [0.05, 0.1) is 23.3 Å². The molecule has 0 aliphatic carbocycles. The van der Waals surface area contributed by atoms with Gasteiger partial charge >= 0.3 is 0 Å². The highest BCUT2D eigenvalue weighted by Crippen LogP contribution is 2.44. The number of anilines is 1. The lowest BCUT2D eigenvalue weighted by Gasteiger charge is -2.13. The molecular formula is C46H31N3S. The van der Waals surface area contributed by atoms with Gasteiger partial charge in [-0.3, -0.25) is 4.99 Å². The van der Waals surface area contributed by atoms with Crippen LogP contribution in [0.1, 0.15) is 16.7 Å². The molecule has 50 heavy (non-hydrogen) atoms. The lowest BCUT2D eigenvalue weighted by Crippen LogP contribution is -2.07. The van der Waals surface area contributed by atoms with Gasteiger partial charge in [0.15, 0.2) is 0 Å². The summed E-state index contributed by atoms with van der Waals surface area (Å²) in [6, 6.07) is 58.6. The number of hydrogen-bond acceptors (Lipinski definition) is 3. The van der Waals surface area contributed by atoms with E-state index in [0.717, 1.165) is 33.8 Å². The minimum atomic E-state index is 0.526. The molecule has 2 aromatic heterocycles. The molecule has 4 heteroatoms. The zero-order valence-electron chi connectivity index (χ0n) is 27.2. The van der Waals surface area contributed by atoms with Crippen LogP contribution in [0.5, 0.6) is 0 Å². The first-order valence-corrected chi connectivity index (χ1v) is 17.8. The first-order chi connectivity index (χ1) is 24.7. The molecule has 0 fully saturated rings. The third kappa shape index (κ3) is 4.46. The summed E-state index contributed by atoms with van der Waals surface area (Å²) in [4.78, 5) is 5.20. The first kappa shape index (κ1) is 28.8. The fourth-order valence-corrected chi connectivity index (χ4v) is 8.89. The van der Waals surface area contributed by atoms with Crippen LogP contribution in [0.25, 0.3) is 69.2 Å². The molecule has 0 bridgehead atoms. The SMILES string of the molecule is Nc1ccccc1C(=NCc1cccc(-n2c3ccccc3c3ccc4c(ccc5ccc6sc7ccccc7c6c54)c32)c1)c1ccccc1. The summed E-state index contributed by atoms with van der Waals surface area (Å²) in [5.74, 6) is 0. The summed E-state index contributed by atoms with van der Waals surface area (Å²) < 4.78 is 5.10. The maximum atomic E-state index is 6.47. The second kappa shape index (κ2) is 11.4. The summed E-state index contributed by atoms with van der Waals surface area (Å²) >= 11 is 1.88. The molecule has 2 N–H and O–H groups in total. The lowest BCUT2D eigenvalue weighted by molar-refractivity contribution is 1.05. The summed E-state index contributed by atoms with van der Waals surface area (Å²) in [6.45, 7) is 0.526. The van der Waals surface area contributed by atoms with Crippen molar-refractivity contribution in [2.24, 2.45) is 4.99 Å². The molecule has 3 nitrogen and oxygen atoms in total. The van der Waals surface area contributed by atoms with E-state index in [4.69, 9.17) is 10.7 Å². The zero-order valence-corrected chi connectivity index (χ0v) is 28.0. The van der Waals surface area contributed by atoms with Crippen LogP contribution in [0, 0.1) is 0 Å². The first-order valence-electron chi connectivity index (χ1n) is 17.0. The second-order valence-electron chi connectivity index (χ2n) is 12.9. The number of nitrogens with zero attached hydrogens (tertiary/aromatic N) is 2.